The molecule has 0 aromatic heterocycles. The van der Waals surface area contributed by atoms with Crippen LogP contribution in [0.1, 0.15) is 33.6 Å². The van der Waals surface area contributed by atoms with Gasteiger partial charge in [0.2, 0.25) is 5.91 Å². The highest BCUT2D eigenvalue weighted by molar-refractivity contribution is 7.78. The van der Waals surface area contributed by atoms with E-state index >= 15 is 0 Å². The second kappa shape index (κ2) is 5.62. The van der Waals surface area contributed by atoms with Crippen molar-refractivity contribution in [3.05, 3.63) is 0 Å². The lowest BCUT2D eigenvalue weighted by Crippen LogP contribution is -2.46. The van der Waals surface area contributed by atoms with Crippen LogP contribution in [0.15, 0.2) is 0 Å². The molecule has 1 rings (SSSR count). The second-order valence-electron chi connectivity index (χ2n) is 5.24. The smallest absolute Gasteiger partial charge is 0.410 e. The summed E-state index contributed by atoms with van der Waals surface area (Å²) in [5.74, 6) is -0.324. The van der Waals surface area contributed by atoms with Crippen molar-refractivity contribution < 1.29 is 14.3 Å². The Balaban J connectivity index is 2.55. The van der Waals surface area contributed by atoms with Gasteiger partial charge < -0.3 is 14.4 Å². The minimum atomic E-state index is -0.504. The highest BCUT2D eigenvalue weighted by atomic mass is 32.1. The first kappa shape index (κ1) is 14.2. The Morgan fingerprint density at radius 3 is 2.59 bits per heavy atom. The quantitative estimate of drug-likeness (QED) is 0.704. The summed E-state index contributed by atoms with van der Waals surface area (Å²) in [5, 5.41) is 0. The van der Waals surface area contributed by atoms with Crippen molar-refractivity contribution in [3.63, 3.8) is 0 Å². The number of hydrogen-bond acceptors (Lipinski definition) is 4. The third-order valence-electron chi connectivity index (χ3n) is 2.55. The van der Waals surface area contributed by atoms with E-state index in [1.807, 2.05) is 20.8 Å². The first-order valence-corrected chi connectivity index (χ1v) is 6.20. The molecule has 5 nitrogen and oxygen atoms in total. The topological polar surface area (TPSA) is 58.6 Å². The zero-order valence-corrected chi connectivity index (χ0v) is 11.4. The number of nitrogens with one attached hydrogen (secondary N) is 1. The van der Waals surface area contributed by atoms with Crippen LogP contribution in [0.25, 0.3) is 0 Å². The molecule has 1 aliphatic rings. The predicted molar refractivity (Wildman–Crippen MR) is 67.7 cm³/mol. The van der Waals surface area contributed by atoms with E-state index in [0.717, 1.165) is 12.8 Å². The molecule has 1 aliphatic heterocycles. The highest BCUT2D eigenvalue weighted by Gasteiger charge is 2.30. The van der Waals surface area contributed by atoms with Gasteiger partial charge in [-0.2, -0.15) is 0 Å². The van der Waals surface area contributed by atoms with Gasteiger partial charge in [0.25, 0.3) is 0 Å². The minimum absolute atomic E-state index is 0.137. The highest BCUT2D eigenvalue weighted by Crippen LogP contribution is 2.19. The fourth-order valence-corrected chi connectivity index (χ4v) is 1.96. The van der Waals surface area contributed by atoms with E-state index in [-0.39, 0.29) is 17.9 Å². The third kappa shape index (κ3) is 4.46. The molecule has 0 aromatic rings. The van der Waals surface area contributed by atoms with Gasteiger partial charge in [0, 0.05) is 13.1 Å². The van der Waals surface area contributed by atoms with Crippen LogP contribution in [0.5, 0.6) is 0 Å². The summed E-state index contributed by atoms with van der Waals surface area (Å²) >= 11 is 3.74. The summed E-state index contributed by atoms with van der Waals surface area (Å²) in [4.78, 5) is 24.9. The van der Waals surface area contributed by atoms with Gasteiger partial charge >= 0.3 is 6.09 Å². The Labute approximate surface area is 107 Å². The van der Waals surface area contributed by atoms with Crippen LogP contribution in [0.3, 0.4) is 0 Å². The molecular formula is C11H20N2O3S. The van der Waals surface area contributed by atoms with Crippen molar-refractivity contribution in [1.29, 1.82) is 0 Å². The summed E-state index contributed by atoms with van der Waals surface area (Å²) in [7, 11) is 0. The van der Waals surface area contributed by atoms with Crippen LogP contribution in [-0.2, 0) is 9.53 Å². The lowest BCUT2D eigenvalue weighted by Gasteiger charge is -2.33. The molecule has 0 saturated carbocycles. The maximum atomic E-state index is 11.8. The van der Waals surface area contributed by atoms with E-state index in [4.69, 9.17) is 4.74 Å². The molecule has 1 N–H and O–H groups in total. The van der Waals surface area contributed by atoms with Crippen molar-refractivity contribution in [3.8, 4) is 0 Å². The Bertz CT molecular complexity index is 302. The Morgan fingerprint density at radius 2 is 2.06 bits per heavy atom. The first-order chi connectivity index (χ1) is 7.83. The summed E-state index contributed by atoms with van der Waals surface area (Å²) in [6.45, 7) is 6.53. The van der Waals surface area contributed by atoms with E-state index in [1.54, 1.807) is 4.90 Å². The first-order valence-electron chi connectivity index (χ1n) is 5.75. The van der Waals surface area contributed by atoms with Gasteiger partial charge in [0.15, 0.2) is 0 Å². The summed E-state index contributed by atoms with van der Waals surface area (Å²) in [5.41, 5.74) is -0.504. The minimum Gasteiger partial charge on any atom is -0.444 e. The average Bonchev–Trinajstić information content (AvgIpc) is 2.26. The summed E-state index contributed by atoms with van der Waals surface area (Å²) in [6.07, 6.45) is 1.24. The van der Waals surface area contributed by atoms with Crippen molar-refractivity contribution >= 4 is 24.8 Å². The van der Waals surface area contributed by atoms with Gasteiger partial charge in [-0.05, 0) is 33.6 Å². The number of amides is 2. The van der Waals surface area contributed by atoms with E-state index in [9.17, 15) is 9.59 Å². The number of ether oxygens (including phenoxy) is 1. The zero-order valence-electron chi connectivity index (χ0n) is 10.5. The second-order valence-corrected chi connectivity index (χ2v) is 5.47. The third-order valence-corrected chi connectivity index (χ3v) is 2.77. The number of piperidine rings is 1. The number of carbonyl (C=O) groups is 2. The molecule has 1 heterocycles. The van der Waals surface area contributed by atoms with Gasteiger partial charge in [-0.1, -0.05) is 12.8 Å². The number of rotatable bonds is 1. The maximum Gasteiger partial charge on any atom is 0.410 e. The Kier molecular flexibility index (Phi) is 4.68. The zero-order chi connectivity index (χ0) is 13.1. The molecule has 1 unspecified atom stereocenters. The standard InChI is InChI=1S/C11H20N2O3S/c1-11(2,3)16-10(15)13-6-4-5-8(7-13)9(14)12-17/h8,17H,4-7H2,1-3H3,(H,12,14). The average molecular weight is 260 g/mol. The molecule has 1 atom stereocenters. The molecule has 0 radical (unpaired) electrons. The number of carbonyl (C=O) groups excluding carboxylic acids is 2. The molecule has 2 amide bonds. The molecule has 1 fully saturated rings. The number of likely N-dealkylation sites (tertiary alicyclic amines) is 1. The van der Waals surface area contributed by atoms with Crippen molar-refractivity contribution in [2.45, 2.75) is 39.2 Å². The van der Waals surface area contributed by atoms with Gasteiger partial charge in [0.1, 0.15) is 5.60 Å². The molecule has 0 aliphatic carbocycles. The molecular weight excluding hydrogens is 240 g/mol. The van der Waals surface area contributed by atoms with Crippen LogP contribution in [0.2, 0.25) is 0 Å². The van der Waals surface area contributed by atoms with Crippen LogP contribution in [0.4, 0.5) is 4.79 Å². The maximum absolute atomic E-state index is 11.8. The predicted octanol–water partition coefficient (Wildman–Crippen LogP) is 1.59. The molecule has 0 spiro atoms. The van der Waals surface area contributed by atoms with E-state index in [0.29, 0.717) is 13.1 Å². The van der Waals surface area contributed by atoms with Crippen LogP contribution in [0, 0.1) is 5.92 Å². The molecule has 98 valence electrons. The van der Waals surface area contributed by atoms with Crippen molar-refractivity contribution in [2.24, 2.45) is 5.92 Å². The van der Waals surface area contributed by atoms with E-state index < -0.39 is 5.60 Å². The molecule has 0 bridgehead atoms. The molecule has 0 aromatic carbocycles. The van der Waals surface area contributed by atoms with Crippen molar-refractivity contribution in [1.82, 2.24) is 9.62 Å². The number of thiol groups is 1. The van der Waals surface area contributed by atoms with Gasteiger partial charge in [-0.3, -0.25) is 4.79 Å². The Morgan fingerprint density at radius 1 is 1.41 bits per heavy atom. The van der Waals surface area contributed by atoms with Crippen LogP contribution >= 0.6 is 12.8 Å². The molecule has 17 heavy (non-hydrogen) atoms. The number of nitrogens with zero attached hydrogens (tertiary/aromatic N) is 1. The van der Waals surface area contributed by atoms with E-state index in [2.05, 4.69) is 17.5 Å². The summed E-state index contributed by atoms with van der Waals surface area (Å²) < 4.78 is 7.59. The van der Waals surface area contributed by atoms with Crippen LogP contribution < -0.4 is 4.72 Å². The van der Waals surface area contributed by atoms with Crippen LogP contribution in [-0.4, -0.2) is 35.6 Å². The fraction of sp³-hybridized carbons (Fsp3) is 0.818. The SMILES string of the molecule is CC(C)(C)OC(=O)N1CCCC(C(=O)NS)C1. The number of hydrogen-bond donors (Lipinski definition) is 2. The van der Waals surface area contributed by atoms with Gasteiger partial charge in [-0.15, -0.1) is 0 Å². The van der Waals surface area contributed by atoms with Gasteiger partial charge in [0.05, 0.1) is 5.92 Å². The largest absolute Gasteiger partial charge is 0.444 e. The van der Waals surface area contributed by atoms with Gasteiger partial charge in [-0.25, -0.2) is 4.79 Å². The van der Waals surface area contributed by atoms with Crippen molar-refractivity contribution in [2.75, 3.05) is 13.1 Å². The normalized spacial score (nSPS) is 20.9. The lowest BCUT2D eigenvalue weighted by molar-refractivity contribution is -0.124. The fourth-order valence-electron chi connectivity index (χ4n) is 1.77. The molecule has 1 saturated heterocycles. The monoisotopic (exact) mass is 260 g/mol. The van der Waals surface area contributed by atoms with E-state index in [1.165, 1.54) is 0 Å². The lowest BCUT2D eigenvalue weighted by atomic mass is 9.98. The Hall–Kier alpha value is -0.910. The molecule has 6 heteroatoms. The summed E-state index contributed by atoms with van der Waals surface area (Å²) in [6, 6.07) is 0.